The third-order valence-corrected chi connectivity index (χ3v) is 2.68. The van der Waals surface area contributed by atoms with Gasteiger partial charge in [-0.25, -0.2) is 9.31 Å². The van der Waals surface area contributed by atoms with E-state index in [1.54, 1.807) is 35.8 Å². The van der Waals surface area contributed by atoms with Gasteiger partial charge in [0.25, 0.3) is 5.91 Å². The molecule has 0 bridgehead atoms. The summed E-state index contributed by atoms with van der Waals surface area (Å²) in [6, 6.07) is 4.47. The maximum atomic E-state index is 12.0. The Morgan fingerprint density at radius 3 is 2.94 bits per heavy atom. The smallest absolute Gasteiger partial charge is 0.326 e. The Kier molecular flexibility index (Phi) is 3.27. The molecular weight excluding hydrogens is 234 g/mol. The molecule has 0 aliphatic rings. The van der Waals surface area contributed by atoms with Crippen molar-refractivity contribution < 1.29 is 14.7 Å². The second-order valence-electron chi connectivity index (χ2n) is 3.86. The molecule has 0 radical (unpaired) electrons. The molecule has 2 aromatic heterocycles. The van der Waals surface area contributed by atoms with Crippen LogP contribution in [0.4, 0.5) is 0 Å². The van der Waals surface area contributed by atoms with Gasteiger partial charge in [-0.1, -0.05) is 13.0 Å². The Bertz CT molecular complexity index is 591. The van der Waals surface area contributed by atoms with Crippen molar-refractivity contribution in [3.63, 3.8) is 0 Å². The standard InChI is InChI=1S/C12H13N3O3/c1-2-9(12(17)18)14-11(16)8-7-13-15-6-4-3-5-10(8)15/h3-7,9H,2H2,1H3,(H,14,16)(H,17,18)/t9-/m0/s1. The minimum atomic E-state index is -1.04. The maximum absolute atomic E-state index is 12.0. The highest BCUT2D eigenvalue weighted by Gasteiger charge is 2.20. The number of pyridine rings is 1. The van der Waals surface area contributed by atoms with Gasteiger partial charge >= 0.3 is 5.97 Å². The summed E-state index contributed by atoms with van der Waals surface area (Å²) >= 11 is 0. The van der Waals surface area contributed by atoms with Gasteiger partial charge in [0.05, 0.1) is 17.3 Å². The van der Waals surface area contributed by atoms with Crippen molar-refractivity contribution in [2.45, 2.75) is 19.4 Å². The molecule has 0 spiro atoms. The highest BCUT2D eigenvalue weighted by atomic mass is 16.4. The molecule has 0 saturated carbocycles. The number of nitrogens with zero attached hydrogens (tertiary/aromatic N) is 2. The fourth-order valence-electron chi connectivity index (χ4n) is 1.68. The molecule has 0 saturated heterocycles. The van der Waals surface area contributed by atoms with E-state index in [1.807, 2.05) is 0 Å². The lowest BCUT2D eigenvalue weighted by Gasteiger charge is -2.11. The summed E-state index contributed by atoms with van der Waals surface area (Å²) in [5, 5.41) is 15.4. The van der Waals surface area contributed by atoms with Crippen molar-refractivity contribution in [2.24, 2.45) is 0 Å². The van der Waals surface area contributed by atoms with E-state index in [-0.39, 0.29) is 0 Å². The van der Waals surface area contributed by atoms with Gasteiger partial charge in [0.1, 0.15) is 6.04 Å². The number of fused-ring (bicyclic) bond motifs is 1. The molecule has 18 heavy (non-hydrogen) atoms. The summed E-state index contributed by atoms with van der Waals surface area (Å²) in [7, 11) is 0. The first-order valence-corrected chi connectivity index (χ1v) is 5.59. The zero-order valence-corrected chi connectivity index (χ0v) is 9.83. The Morgan fingerprint density at radius 2 is 2.28 bits per heavy atom. The van der Waals surface area contributed by atoms with Gasteiger partial charge in [-0.3, -0.25) is 4.79 Å². The van der Waals surface area contributed by atoms with Crippen LogP contribution in [0.15, 0.2) is 30.6 Å². The summed E-state index contributed by atoms with van der Waals surface area (Å²) in [6.07, 6.45) is 3.49. The predicted molar refractivity (Wildman–Crippen MR) is 64.4 cm³/mol. The topological polar surface area (TPSA) is 83.7 Å². The van der Waals surface area contributed by atoms with Crippen LogP contribution in [0.2, 0.25) is 0 Å². The fraction of sp³-hybridized carbons (Fsp3) is 0.250. The second-order valence-corrected chi connectivity index (χ2v) is 3.86. The zero-order chi connectivity index (χ0) is 13.1. The molecule has 6 heteroatoms. The van der Waals surface area contributed by atoms with Crippen molar-refractivity contribution in [1.82, 2.24) is 14.9 Å². The first-order chi connectivity index (χ1) is 8.63. The van der Waals surface area contributed by atoms with Gasteiger partial charge < -0.3 is 10.4 Å². The summed E-state index contributed by atoms with van der Waals surface area (Å²) in [5.41, 5.74) is 1.02. The Balaban J connectivity index is 2.26. The molecule has 6 nitrogen and oxygen atoms in total. The highest BCUT2D eigenvalue weighted by molar-refractivity contribution is 6.02. The van der Waals surface area contributed by atoms with Crippen molar-refractivity contribution in [2.75, 3.05) is 0 Å². The van der Waals surface area contributed by atoms with E-state index in [0.29, 0.717) is 17.5 Å². The van der Waals surface area contributed by atoms with Crippen LogP contribution in [-0.4, -0.2) is 32.6 Å². The predicted octanol–water partition coefficient (Wildman–Crippen LogP) is 0.927. The van der Waals surface area contributed by atoms with Crippen LogP contribution in [0.25, 0.3) is 5.52 Å². The number of carboxylic acids is 1. The lowest BCUT2D eigenvalue weighted by atomic mass is 10.2. The first kappa shape index (κ1) is 12.1. The van der Waals surface area contributed by atoms with E-state index < -0.39 is 17.9 Å². The van der Waals surface area contributed by atoms with Gasteiger partial charge in [-0.2, -0.15) is 5.10 Å². The second kappa shape index (κ2) is 4.87. The molecule has 2 heterocycles. The monoisotopic (exact) mass is 247 g/mol. The number of carbonyl (C=O) groups is 2. The van der Waals surface area contributed by atoms with Crippen molar-refractivity contribution in [3.8, 4) is 0 Å². The quantitative estimate of drug-likeness (QED) is 0.841. The molecular formula is C12H13N3O3. The Hall–Kier alpha value is -2.37. The number of amides is 1. The average molecular weight is 247 g/mol. The normalized spacial score (nSPS) is 12.3. The third-order valence-electron chi connectivity index (χ3n) is 2.68. The van der Waals surface area contributed by atoms with Crippen molar-refractivity contribution in [3.05, 3.63) is 36.2 Å². The van der Waals surface area contributed by atoms with Gasteiger partial charge in [0.15, 0.2) is 0 Å². The molecule has 2 aromatic rings. The SMILES string of the molecule is CC[C@H](NC(=O)c1cnn2ccccc12)C(=O)O. The van der Waals surface area contributed by atoms with E-state index in [0.717, 1.165) is 0 Å². The lowest BCUT2D eigenvalue weighted by Crippen LogP contribution is -2.40. The maximum Gasteiger partial charge on any atom is 0.326 e. The van der Waals surface area contributed by atoms with Gasteiger partial charge in [-0.05, 0) is 18.6 Å². The minimum absolute atomic E-state index is 0.334. The van der Waals surface area contributed by atoms with E-state index >= 15 is 0 Å². The molecule has 94 valence electrons. The third kappa shape index (κ3) is 2.17. The molecule has 1 atom stereocenters. The molecule has 1 amide bonds. The van der Waals surface area contributed by atoms with E-state index in [2.05, 4.69) is 10.4 Å². The summed E-state index contributed by atoms with van der Waals surface area (Å²) in [5.74, 6) is -1.47. The fourth-order valence-corrected chi connectivity index (χ4v) is 1.68. The van der Waals surface area contributed by atoms with Crippen LogP contribution in [-0.2, 0) is 4.79 Å². The number of carbonyl (C=O) groups excluding carboxylic acids is 1. The van der Waals surface area contributed by atoms with Gasteiger partial charge in [0.2, 0.25) is 0 Å². The number of rotatable bonds is 4. The number of nitrogens with one attached hydrogen (secondary N) is 1. The summed E-state index contributed by atoms with van der Waals surface area (Å²) < 4.78 is 1.57. The zero-order valence-electron chi connectivity index (χ0n) is 9.83. The van der Waals surface area contributed by atoms with E-state index in [9.17, 15) is 9.59 Å². The number of hydrogen-bond donors (Lipinski definition) is 2. The van der Waals surface area contributed by atoms with E-state index in [1.165, 1.54) is 6.20 Å². The van der Waals surface area contributed by atoms with Gasteiger partial charge in [-0.15, -0.1) is 0 Å². The largest absolute Gasteiger partial charge is 0.480 e. The van der Waals surface area contributed by atoms with E-state index in [4.69, 9.17) is 5.11 Å². The van der Waals surface area contributed by atoms with Crippen molar-refractivity contribution >= 4 is 17.4 Å². The molecule has 0 aliphatic heterocycles. The van der Waals surface area contributed by atoms with Crippen LogP contribution in [0.1, 0.15) is 23.7 Å². The molecule has 0 unspecified atom stereocenters. The number of hydrogen-bond acceptors (Lipinski definition) is 3. The molecule has 2 rings (SSSR count). The van der Waals surface area contributed by atoms with Crippen LogP contribution in [0.5, 0.6) is 0 Å². The lowest BCUT2D eigenvalue weighted by molar-refractivity contribution is -0.139. The molecule has 0 aromatic carbocycles. The molecule has 0 fully saturated rings. The first-order valence-electron chi connectivity index (χ1n) is 5.59. The van der Waals surface area contributed by atoms with Crippen LogP contribution in [0.3, 0.4) is 0 Å². The molecule has 0 aliphatic carbocycles. The number of aromatic nitrogens is 2. The summed E-state index contributed by atoms with van der Waals surface area (Å²) in [4.78, 5) is 22.8. The average Bonchev–Trinajstić information content (AvgIpc) is 2.79. The van der Waals surface area contributed by atoms with Gasteiger partial charge in [0, 0.05) is 6.20 Å². The molecule has 2 N–H and O–H groups in total. The van der Waals surface area contributed by atoms with Crippen molar-refractivity contribution in [1.29, 1.82) is 0 Å². The van der Waals surface area contributed by atoms with Crippen LogP contribution >= 0.6 is 0 Å². The number of carboxylic acid groups (broad SMARTS) is 1. The van der Waals surface area contributed by atoms with Crippen LogP contribution in [0, 0.1) is 0 Å². The Labute approximate surface area is 103 Å². The minimum Gasteiger partial charge on any atom is -0.480 e. The Morgan fingerprint density at radius 1 is 1.50 bits per heavy atom. The number of aliphatic carboxylic acids is 1. The summed E-state index contributed by atoms with van der Waals surface area (Å²) in [6.45, 7) is 1.70. The highest BCUT2D eigenvalue weighted by Crippen LogP contribution is 2.10. The van der Waals surface area contributed by atoms with Crippen LogP contribution < -0.4 is 5.32 Å².